The highest BCUT2D eigenvalue weighted by Gasteiger charge is 2.45. The van der Waals surface area contributed by atoms with E-state index in [1.54, 1.807) is 0 Å². The molecule has 10 heteroatoms. The van der Waals surface area contributed by atoms with Gasteiger partial charge in [-0.05, 0) is 6.42 Å². The van der Waals surface area contributed by atoms with Gasteiger partial charge in [0.1, 0.15) is 37.1 Å². The molecule has 0 saturated carbocycles. The normalized spacial score (nSPS) is 35.2. The molecule has 2 fully saturated rings. The number of rotatable bonds is 6. The Kier molecular flexibility index (Phi) is 7.38. The van der Waals surface area contributed by atoms with E-state index < -0.39 is 43.4 Å². The number of carbonyl (C=O) groups excluding carboxylic acids is 2. The predicted octanol–water partition coefficient (Wildman–Crippen LogP) is -1.35. The van der Waals surface area contributed by atoms with E-state index in [4.69, 9.17) is 18.9 Å². The van der Waals surface area contributed by atoms with Crippen molar-refractivity contribution in [2.24, 2.45) is 0 Å². The van der Waals surface area contributed by atoms with E-state index in [9.17, 15) is 24.9 Å². The molecule has 6 atom stereocenters. The Morgan fingerprint density at radius 2 is 2.00 bits per heavy atom. The average molecular weight is 363 g/mol. The molecule has 2 rings (SSSR count). The lowest BCUT2D eigenvalue weighted by Crippen LogP contribution is -2.64. The minimum Gasteiger partial charge on any atom is -0.431 e. The highest BCUT2D eigenvalue weighted by molar-refractivity contribution is 5.76. The largest absolute Gasteiger partial charge is 0.508 e. The van der Waals surface area contributed by atoms with Crippen LogP contribution in [-0.4, -0.2) is 84.0 Å². The molecule has 10 nitrogen and oxygen atoms in total. The van der Waals surface area contributed by atoms with Gasteiger partial charge in [0.2, 0.25) is 5.91 Å². The van der Waals surface area contributed by atoms with E-state index in [2.05, 4.69) is 5.32 Å². The van der Waals surface area contributed by atoms with Crippen LogP contribution >= 0.6 is 0 Å². The third-order valence-electron chi connectivity index (χ3n) is 4.04. The van der Waals surface area contributed by atoms with Crippen molar-refractivity contribution in [2.45, 2.75) is 62.9 Å². The van der Waals surface area contributed by atoms with E-state index in [-0.39, 0.29) is 18.4 Å². The van der Waals surface area contributed by atoms with Gasteiger partial charge in [-0.25, -0.2) is 4.79 Å². The quantitative estimate of drug-likeness (QED) is 0.421. The van der Waals surface area contributed by atoms with Gasteiger partial charge in [0.05, 0.1) is 13.2 Å². The Morgan fingerprint density at radius 1 is 1.24 bits per heavy atom. The van der Waals surface area contributed by atoms with Gasteiger partial charge in [-0.3, -0.25) is 4.79 Å². The molecule has 4 N–H and O–H groups in total. The molecule has 0 aromatic heterocycles. The summed E-state index contributed by atoms with van der Waals surface area (Å²) in [6.45, 7) is 2.19. The summed E-state index contributed by atoms with van der Waals surface area (Å²) in [6.07, 6.45) is -5.57. The molecule has 0 bridgehead atoms. The summed E-state index contributed by atoms with van der Waals surface area (Å²) in [7, 11) is 0. The molecule has 2 aliphatic rings. The lowest BCUT2D eigenvalue weighted by atomic mass is 9.97. The zero-order chi connectivity index (χ0) is 18.4. The summed E-state index contributed by atoms with van der Waals surface area (Å²) in [5, 5.41) is 32.5. The number of amides is 1. The third kappa shape index (κ3) is 5.51. The van der Waals surface area contributed by atoms with E-state index in [0.29, 0.717) is 26.1 Å². The second-order valence-electron chi connectivity index (χ2n) is 6.05. The molecule has 2 unspecified atom stereocenters. The maximum Gasteiger partial charge on any atom is 0.508 e. The van der Waals surface area contributed by atoms with Crippen LogP contribution in [0.5, 0.6) is 0 Å². The fourth-order valence-electron chi connectivity index (χ4n) is 2.65. The van der Waals surface area contributed by atoms with Crippen molar-refractivity contribution in [3.63, 3.8) is 0 Å². The van der Waals surface area contributed by atoms with Gasteiger partial charge in [-0.2, -0.15) is 0 Å². The summed E-state index contributed by atoms with van der Waals surface area (Å²) in [5.74, 6) is -0.376. The molecule has 144 valence electrons. The molecular weight excluding hydrogens is 338 g/mol. The molecular formula is C15H25NO9. The molecule has 0 spiro atoms. The zero-order valence-electron chi connectivity index (χ0n) is 14.0. The van der Waals surface area contributed by atoms with Crippen molar-refractivity contribution < 1.29 is 43.9 Å². The first-order valence-electron chi connectivity index (χ1n) is 8.32. The van der Waals surface area contributed by atoms with Crippen molar-refractivity contribution >= 4 is 12.1 Å². The first-order chi connectivity index (χ1) is 11.9. The molecule has 2 saturated heterocycles. The van der Waals surface area contributed by atoms with Crippen LogP contribution in [0.25, 0.3) is 0 Å². The minimum absolute atomic E-state index is 0.218. The van der Waals surface area contributed by atoms with Crippen molar-refractivity contribution in [2.75, 3.05) is 19.8 Å². The van der Waals surface area contributed by atoms with Crippen LogP contribution in [-0.2, 0) is 23.7 Å². The number of aliphatic hydroxyl groups excluding tert-OH is 3. The Morgan fingerprint density at radius 3 is 2.64 bits per heavy atom. The van der Waals surface area contributed by atoms with Gasteiger partial charge in [0, 0.05) is 12.8 Å². The van der Waals surface area contributed by atoms with Gasteiger partial charge in [0.25, 0.3) is 0 Å². The predicted molar refractivity (Wildman–Crippen MR) is 81.4 cm³/mol. The second-order valence-corrected chi connectivity index (χ2v) is 6.05. The van der Waals surface area contributed by atoms with Crippen LogP contribution in [0.2, 0.25) is 0 Å². The Hall–Kier alpha value is -1.46. The Labute approximate surface area is 145 Å². The highest BCUT2D eigenvalue weighted by atomic mass is 16.7. The molecule has 0 aromatic carbocycles. The summed E-state index contributed by atoms with van der Waals surface area (Å²) in [4.78, 5) is 23.2. The Balaban J connectivity index is 1.80. The first kappa shape index (κ1) is 19.9. The maximum absolute atomic E-state index is 11.6. The second kappa shape index (κ2) is 9.30. The molecule has 1 amide bonds. The molecule has 2 heterocycles. The number of hydrogen-bond donors (Lipinski definition) is 4. The minimum atomic E-state index is -1.55. The molecule has 25 heavy (non-hydrogen) atoms. The number of aliphatic hydroxyl groups is 3. The van der Waals surface area contributed by atoms with Gasteiger partial charge in [-0.15, -0.1) is 0 Å². The average Bonchev–Trinajstić information content (AvgIpc) is 3.07. The van der Waals surface area contributed by atoms with Crippen molar-refractivity contribution in [1.29, 1.82) is 0 Å². The monoisotopic (exact) mass is 363 g/mol. The van der Waals surface area contributed by atoms with E-state index >= 15 is 0 Å². The van der Waals surface area contributed by atoms with Crippen LogP contribution in [0.3, 0.4) is 0 Å². The molecule has 0 radical (unpaired) electrons. The lowest BCUT2D eigenvalue weighted by molar-refractivity contribution is -0.254. The van der Waals surface area contributed by atoms with E-state index in [1.807, 2.05) is 6.92 Å². The lowest BCUT2D eigenvalue weighted by Gasteiger charge is -2.40. The maximum atomic E-state index is 11.6. The van der Waals surface area contributed by atoms with Gasteiger partial charge < -0.3 is 39.6 Å². The van der Waals surface area contributed by atoms with E-state index in [1.165, 1.54) is 0 Å². The topological polar surface area (TPSA) is 144 Å². The summed E-state index contributed by atoms with van der Waals surface area (Å²) in [5.41, 5.74) is 0. The van der Waals surface area contributed by atoms with Crippen LogP contribution < -0.4 is 5.32 Å². The van der Waals surface area contributed by atoms with Gasteiger partial charge in [0.15, 0.2) is 6.29 Å². The van der Waals surface area contributed by atoms with Gasteiger partial charge in [-0.1, -0.05) is 6.92 Å². The standard InChI is InChI=1S/C15H25NO9/c1-2-3-10(17)16-11-13(19)12(18)9(25-14(11)20)7-23-15(21)24-8-4-5-22-6-8/h8-9,11-14,18-20H,2-7H2,1H3,(H,16,17)/t8?,9-,11-,12-,13-,14?/m1/s1. The van der Waals surface area contributed by atoms with Crippen LogP contribution in [0.15, 0.2) is 0 Å². The number of carbonyl (C=O) groups is 2. The zero-order valence-corrected chi connectivity index (χ0v) is 14.0. The smallest absolute Gasteiger partial charge is 0.431 e. The fraction of sp³-hybridized carbons (Fsp3) is 0.867. The van der Waals surface area contributed by atoms with Crippen LogP contribution in [0.4, 0.5) is 4.79 Å². The van der Waals surface area contributed by atoms with Crippen molar-refractivity contribution in [1.82, 2.24) is 5.32 Å². The number of ether oxygens (including phenoxy) is 4. The van der Waals surface area contributed by atoms with Crippen LogP contribution in [0, 0.1) is 0 Å². The van der Waals surface area contributed by atoms with Gasteiger partial charge >= 0.3 is 6.16 Å². The third-order valence-corrected chi connectivity index (χ3v) is 4.04. The Bertz CT molecular complexity index is 454. The molecule has 0 aliphatic carbocycles. The molecule has 2 aliphatic heterocycles. The van der Waals surface area contributed by atoms with Crippen molar-refractivity contribution in [3.05, 3.63) is 0 Å². The summed E-state index contributed by atoms with van der Waals surface area (Å²) in [6, 6.07) is -1.17. The fourth-order valence-corrected chi connectivity index (χ4v) is 2.65. The number of nitrogens with one attached hydrogen (secondary N) is 1. The summed E-state index contributed by atoms with van der Waals surface area (Å²) < 4.78 is 20.1. The van der Waals surface area contributed by atoms with Crippen molar-refractivity contribution in [3.8, 4) is 0 Å². The SMILES string of the molecule is CCCC(=O)N[C@H]1C(O)O[C@H](COC(=O)OC2CCOC2)[C@@H](O)[C@@H]1O. The number of hydrogen-bond acceptors (Lipinski definition) is 9. The van der Waals surface area contributed by atoms with E-state index in [0.717, 1.165) is 0 Å². The van der Waals surface area contributed by atoms with Crippen LogP contribution in [0.1, 0.15) is 26.2 Å². The highest BCUT2D eigenvalue weighted by Crippen LogP contribution is 2.21. The summed E-state index contributed by atoms with van der Waals surface area (Å²) >= 11 is 0. The molecule has 0 aromatic rings. The first-order valence-corrected chi connectivity index (χ1v) is 8.32.